The first kappa shape index (κ1) is 11.8. The van der Waals surface area contributed by atoms with Crippen LogP contribution in [0.25, 0.3) is 0 Å². The summed E-state index contributed by atoms with van der Waals surface area (Å²) in [6, 6.07) is 5.72. The van der Waals surface area contributed by atoms with E-state index in [4.69, 9.17) is 14.6 Å². The molecule has 0 fully saturated rings. The molecule has 17 heavy (non-hydrogen) atoms. The van der Waals surface area contributed by atoms with Crippen molar-refractivity contribution in [2.75, 3.05) is 6.61 Å². The van der Waals surface area contributed by atoms with Gasteiger partial charge in [-0.1, -0.05) is 12.1 Å². The van der Waals surface area contributed by atoms with Crippen LogP contribution < -0.4 is 9.47 Å². The molecule has 1 aliphatic rings. The zero-order chi connectivity index (χ0) is 12.5. The molecule has 2 rings (SSSR count). The Hall–Kier alpha value is -1.71. The first-order chi connectivity index (χ1) is 7.98. The summed E-state index contributed by atoms with van der Waals surface area (Å²) in [5, 5.41) is 8.56. The van der Waals surface area contributed by atoms with E-state index < -0.39 is 5.97 Å². The van der Waals surface area contributed by atoms with Crippen LogP contribution in [-0.4, -0.2) is 23.3 Å². The van der Waals surface area contributed by atoms with E-state index in [0.717, 1.165) is 17.7 Å². The highest BCUT2D eigenvalue weighted by atomic mass is 16.5. The predicted octanol–water partition coefficient (Wildman–Crippen LogP) is 2.25. The van der Waals surface area contributed by atoms with Crippen molar-refractivity contribution in [3.05, 3.63) is 23.8 Å². The van der Waals surface area contributed by atoms with Crippen molar-refractivity contribution in [1.29, 1.82) is 0 Å². The van der Waals surface area contributed by atoms with Crippen LogP contribution in [0, 0.1) is 0 Å². The zero-order valence-electron chi connectivity index (χ0n) is 10.0. The molecule has 0 spiro atoms. The monoisotopic (exact) mass is 236 g/mol. The van der Waals surface area contributed by atoms with E-state index in [2.05, 4.69) is 0 Å². The smallest absolute Gasteiger partial charge is 0.306 e. The Morgan fingerprint density at radius 3 is 3.00 bits per heavy atom. The summed E-state index contributed by atoms with van der Waals surface area (Å²) in [5.41, 5.74) is 0.900. The van der Waals surface area contributed by atoms with Gasteiger partial charge in [-0.2, -0.15) is 0 Å². The van der Waals surface area contributed by atoms with Crippen LogP contribution in [0.15, 0.2) is 18.2 Å². The van der Waals surface area contributed by atoms with Crippen LogP contribution in [0.5, 0.6) is 11.5 Å². The van der Waals surface area contributed by atoms with Crippen molar-refractivity contribution in [2.24, 2.45) is 0 Å². The Kier molecular flexibility index (Phi) is 2.96. The van der Waals surface area contributed by atoms with E-state index in [0.29, 0.717) is 5.75 Å². The second-order valence-corrected chi connectivity index (χ2v) is 4.78. The van der Waals surface area contributed by atoms with Gasteiger partial charge in [0.05, 0.1) is 13.0 Å². The third-order valence-corrected chi connectivity index (χ3v) is 2.63. The van der Waals surface area contributed by atoms with E-state index in [9.17, 15) is 4.79 Å². The van der Waals surface area contributed by atoms with Gasteiger partial charge in [0.25, 0.3) is 0 Å². The second kappa shape index (κ2) is 4.28. The van der Waals surface area contributed by atoms with E-state index in [1.807, 2.05) is 32.0 Å². The second-order valence-electron chi connectivity index (χ2n) is 4.78. The van der Waals surface area contributed by atoms with Crippen molar-refractivity contribution in [3.63, 3.8) is 0 Å². The topological polar surface area (TPSA) is 55.8 Å². The standard InChI is InChI=1S/C13H16O4/c1-13(2)8-9-4-3-5-10(12(9)17-13)16-7-6-11(14)15/h3-5H,6-8H2,1-2H3,(H,14,15). The molecular formula is C13H16O4. The Morgan fingerprint density at radius 1 is 1.53 bits per heavy atom. The van der Waals surface area contributed by atoms with Crippen LogP contribution in [0.3, 0.4) is 0 Å². The molecule has 1 heterocycles. The average Bonchev–Trinajstić information content (AvgIpc) is 2.52. The Labute approximate surface area is 100 Å². The third kappa shape index (κ3) is 2.70. The summed E-state index contributed by atoms with van der Waals surface area (Å²) in [5.74, 6) is 0.524. The summed E-state index contributed by atoms with van der Waals surface area (Å²) in [7, 11) is 0. The Bertz CT molecular complexity index is 437. The first-order valence-electron chi connectivity index (χ1n) is 5.63. The molecule has 0 saturated heterocycles. The SMILES string of the molecule is CC1(C)Cc2cccc(OCCC(=O)O)c2O1. The Morgan fingerprint density at radius 2 is 2.29 bits per heavy atom. The normalized spacial score (nSPS) is 16.1. The summed E-state index contributed by atoms with van der Waals surface area (Å²) < 4.78 is 11.3. The highest BCUT2D eigenvalue weighted by Crippen LogP contribution is 2.41. The van der Waals surface area contributed by atoms with Gasteiger partial charge in [-0.3, -0.25) is 4.79 Å². The maximum Gasteiger partial charge on any atom is 0.306 e. The molecule has 1 N–H and O–H groups in total. The fraction of sp³-hybridized carbons (Fsp3) is 0.462. The van der Waals surface area contributed by atoms with E-state index in [-0.39, 0.29) is 18.6 Å². The molecule has 0 saturated carbocycles. The molecule has 0 bridgehead atoms. The largest absolute Gasteiger partial charge is 0.489 e. The minimum atomic E-state index is -0.862. The molecule has 4 nitrogen and oxygen atoms in total. The number of ether oxygens (including phenoxy) is 2. The molecular weight excluding hydrogens is 220 g/mol. The van der Waals surface area contributed by atoms with Gasteiger partial charge in [0.2, 0.25) is 0 Å². The number of carbonyl (C=O) groups is 1. The Balaban J connectivity index is 2.10. The zero-order valence-corrected chi connectivity index (χ0v) is 10.0. The van der Waals surface area contributed by atoms with E-state index in [1.165, 1.54) is 0 Å². The number of benzene rings is 1. The number of para-hydroxylation sites is 1. The van der Waals surface area contributed by atoms with E-state index in [1.54, 1.807) is 0 Å². The highest BCUT2D eigenvalue weighted by Gasteiger charge is 2.32. The van der Waals surface area contributed by atoms with E-state index >= 15 is 0 Å². The van der Waals surface area contributed by atoms with Gasteiger partial charge in [-0.15, -0.1) is 0 Å². The summed E-state index contributed by atoms with van der Waals surface area (Å²) in [6.07, 6.45) is 0.839. The number of rotatable bonds is 4. The lowest BCUT2D eigenvalue weighted by molar-refractivity contribution is -0.137. The van der Waals surface area contributed by atoms with Crippen LogP contribution >= 0.6 is 0 Å². The average molecular weight is 236 g/mol. The lowest BCUT2D eigenvalue weighted by Gasteiger charge is -2.18. The van der Waals surface area contributed by atoms with Gasteiger partial charge in [0.1, 0.15) is 5.60 Å². The number of fused-ring (bicyclic) bond motifs is 1. The molecule has 92 valence electrons. The summed E-state index contributed by atoms with van der Waals surface area (Å²) in [6.45, 7) is 4.21. The van der Waals surface area contributed by atoms with Crippen molar-refractivity contribution >= 4 is 5.97 Å². The van der Waals surface area contributed by atoms with Gasteiger partial charge in [0.15, 0.2) is 11.5 Å². The van der Waals surface area contributed by atoms with Gasteiger partial charge < -0.3 is 14.6 Å². The maximum absolute atomic E-state index is 10.4. The fourth-order valence-electron chi connectivity index (χ4n) is 1.95. The van der Waals surface area contributed by atoms with Gasteiger partial charge >= 0.3 is 5.97 Å². The maximum atomic E-state index is 10.4. The molecule has 0 aliphatic carbocycles. The first-order valence-corrected chi connectivity index (χ1v) is 5.63. The molecule has 1 aromatic carbocycles. The molecule has 0 unspecified atom stereocenters. The van der Waals surface area contributed by atoms with Crippen molar-refractivity contribution in [2.45, 2.75) is 32.3 Å². The van der Waals surface area contributed by atoms with Crippen LogP contribution in [-0.2, 0) is 11.2 Å². The number of hydrogen-bond acceptors (Lipinski definition) is 3. The quantitative estimate of drug-likeness (QED) is 0.871. The van der Waals surface area contributed by atoms with Crippen LogP contribution in [0.1, 0.15) is 25.8 Å². The fourth-order valence-corrected chi connectivity index (χ4v) is 1.95. The number of hydrogen-bond donors (Lipinski definition) is 1. The molecule has 1 aliphatic heterocycles. The van der Waals surface area contributed by atoms with Crippen molar-refractivity contribution < 1.29 is 19.4 Å². The van der Waals surface area contributed by atoms with Crippen molar-refractivity contribution in [3.8, 4) is 11.5 Å². The predicted molar refractivity (Wildman–Crippen MR) is 62.6 cm³/mol. The van der Waals surface area contributed by atoms with Gasteiger partial charge in [-0.25, -0.2) is 0 Å². The van der Waals surface area contributed by atoms with Crippen LogP contribution in [0.2, 0.25) is 0 Å². The number of carboxylic acid groups (broad SMARTS) is 1. The molecule has 0 amide bonds. The molecule has 0 atom stereocenters. The lowest BCUT2D eigenvalue weighted by atomic mass is 10.0. The van der Waals surface area contributed by atoms with Gasteiger partial charge in [0, 0.05) is 12.0 Å². The molecule has 4 heteroatoms. The number of carboxylic acids is 1. The van der Waals surface area contributed by atoms with Crippen molar-refractivity contribution in [1.82, 2.24) is 0 Å². The summed E-state index contributed by atoms with van der Waals surface area (Å²) in [4.78, 5) is 10.4. The highest BCUT2D eigenvalue weighted by molar-refractivity contribution is 5.66. The van der Waals surface area contributed by atoms with Gasteiger partial charge in [-0.05, 0) is 19.9 Å². The number of aliphatic carboxylic acids is 1. The molecule has 0 aromatic heterocycles. The molecule has 1 aromatic rings. The van der Waals surface area contributed by atoms with Crippen LogP contribution in [0.4, 0.5) is 0 Å². The minimum Gasteiger partial charge on any atom is -0.489 e. The minimum absolute atomic E-state index is 0.00688. The molecule has 0 radical (unpaired) electrons. The lowest BCUT2D eigenvalue weighted by Crippen LogP contribution is -2.24. The third-order valence-electron chi connectivity index (χ3n) is 2.63. The summed E-state index contributed by atoms with van der Waals surface area (Å²) >= 11 is 0.